The Hall–Kier alpha value is -1.55. The number of nitrogens with zero attached hydrogens (tertiary/aromatic N) is 1. The van der Waals surface area contributed by atoms with E-state index in [4.69, 9.17) is 10.5 Å². The highest BCUT2D eigenvalue weighted by Gasteiger charge is 2.34. The molecule has 3 unspecified atom stereocenters. The molecule has 0 saturated carbocycles. The lowest BCUT2D eigenvalue weighted by atomic mass is 9.89. The van der Waals surface area contributed by atoms with Gasteiger partial charge >= 0.3 is 0 Å². The number of rotatable bonds is 1. The molecule has 4 heteroatoms. The second-order valence-corrected chi connectivity index (χ2v) is 5.89. The van der Waals surface area contributed by atoms with Crippen molar-refractivity contribution in [3.05, 3.63) is 29.8 Å². The molecule has 0 spiro atoms. The summed E-state index contributed by atoms with van der Waals surface area (Å²) in [5.74, 6) is 1.04. The van der Waals surface area contributed by atoms with Gasteiger partial charge in [-0.1, -0.05) is 18.2 Å². The van der Waals surface area contributed by atoms with E-state index in [1.807, 2.05) is 29.2 Å². The van der Waals surface area contributed by atoms with Crippen molar-refractivity contribution in [2.75, 3.05) is 13.2 Å². The number of hydrogen-bond acceptors (Lipinski definition) is 3. The van der Waals surface area contributed by atoms with Crippen molar-refractivity contribution in [3.8, 4) is 5.75 Å². The summed E-state index contributed by atoms with van der Waals surface area (Å²) >= 11 is 0. The number of hydrogen-bond donors (Lipinski definition) is 1. The molecule has 3 rings (SSSR count). The van der Waals surface area contributed by atoms with Gasteiger partial charge in [0.05, 0.1) is 12.5 Å². The summed E-state index contributed by atoms with van der Waals surface area (Å²) in [6.45, 7) is 3.50. The van der Waals surface area contributed by atoms with Gasteiger partial charge in [-0.25, -0.2) is 0 Å². The third-order valence-corrected chi connectivity index (χ3v) is 4.46. The molecular formula is C16H22N2O2. The van der Waals surface area contributed by atoms with Crippen LogP contribution in [0.4, 0.5) is 0 Å². The van der Waals surface area contributed by atoms with Gasteiger partial charge in [0.25, 0.3) is 0 Å². The fourth-order valence-electron chi connectivity index (χ4n) is 3.33. The number of amides is 1. The first-order chi connectivity index (χ1) is 9.66. The van der Waals surface area contributed by atoms with Crippen LogP contribution in [0.1, 0.15) is 37.7 Å². The van der Waals surface area contributed by atoms with Crippen LogP contribution in [0.5, 0.6) is 5.75 Å². The summed E-state index contributed by atoms with van der Waals surface area (Å²) in [6.07, 6.45) is 2.57. The Morgan fingerprint density at radius 2 is 2.15 bits per heavy atom. The number of para-hydroxylation sites is 1. The summed E-state index contributed by atoms with van der Waals surface area (Å²) in [4.78, 5) is 14.9. The van der Waals surface area contributed by atoms with Crippen LogP contribution in [-0.2, 0) is 4.79 Å². The van der Waals surface area contributed by atoms with Crippen molar-refractivity contribution >= 4 is 5.91 Å². The van der Waals surface area contributed by atoms with E-state index in [0.717, 1.165) is 37.1 Å². The minimum Gasteiger partial charge on any atom is -0.493 e. The van der Waals surface area contributed by atoms with Crippen LogP contribution in [0.2, 0.25) is 0 Å². The van der Waals surface area contributed by atoms with Crippen molar-refractivity contribution in [2.45, 2.75) is 44.2 Å². The molecule has 2 heterocycles. The Balaban J connectivity index is 1.81. The molecule has 1 fully saturated rings. The number of nitrogens with two attached hydrogens (primary N) is 1. The molecule has 0 bridgehead atoms. The molecule has 0 aromatic heterocycles. The molecule has 2 aliphatic rings. The number of likely N-dealkylation sites (tertiary alicyclic amines) is 1. The lowest BCUT2D eigenvalue weighted by Crippen LogP contribution is -2.50. The van der Waals surface area contributed by atoms with Gasteiger partial charge in [-0.05, 0) is 32.3 Å². The number of benzene rings is 1. The van der Waals surface area contributed by atoms with E-state index in [2.05, 4.69) is 6.92 Å². The predicted molar refractivity (Wildman–Crippen MR) is 77.7 cm³/mol. The van der Waals surface area contributed by atoms with Crippen LogP contribution in [0, 0.1) is 0 Å². The average Bonchev–Trinajstić information content (AvgIpc) is 2.46. The highest BCUT2D eigenvalue weighted by Crippen LogP contribution is 2.35. The fraction of sp³-hybridized carbons (Fsp3) is 0.562. The summed E-state index contributed by atoms with van der Waals surface area (Å²) in [7, 11) is 0. The second-order valence-electron chi connectivity index (χ2n) is 5.89. The summed E-state index contributed by atoms with van der Waals surface area (Å²) in [5, 5.41) is 0. The molecule has 3 atom stereocenters. The summed E-state index contributed by atoms with van der Waals surface area (Å²) < 4.78 is 5.64. The zero-order valence-electron chi connectivity index (χ0n) is 11.9. The van der Waals surface area contributed by atoms with Crippen LogP contribution in [0.15, 0.2) is 24.3 Å². The molecule has 1 saturated heterocycles. The maximum atomic E-state index is 12.9. The molecule has 4 nitrogen and oxygen atoms in total. The molecule has 108 valence electrons. The van der Waals surface area contributed by atoms with E-state index < -0.39 is 0 Å². The second kappa shape index (κ2) is 5.44. The maximum absolute atomic E-state index is 12.9. The van der Waals surface area contributed by atoms with Crippen LogP contribution >= 0.6 is 0 Å². The first-order valence-corrected chi connectivity index (χ1v) is 7.44. The first-order valence-electron chi connectivity index (χ1n) is 7.44. The van der Waals surface area contributed by atoms with Crippen LogP contribution in [0.3, 0.4) is 0 Å². The zero-order chi connectivity index (χ0) is 14.1. The molecule has 20 heavy (non-hydrogen) atoms. The van der Waals surface area contributed by atoms with Crippen LogP contribution < -0.4 is 10.5 Å². The van der Waals surface area contributed by atoms with Crippen molar-refractivity contribution in [2.24, 2.45) is 5.73 Å². The van der Waals surface area contributed by atoms with Crippen molar-refractivity contribution < 1.29 is 9.53 Å². The fourth-order valence-corrected chi connectivity index (χ4v) is 3.33. The molecule has 0 aliphatic carbocycles. The minimum absolute atomic E-state index is 0.0586. The molecule has 1 aromatic carbocycles. The van der Waals surface area contributed by atoms with E-state index in [1.165, 1.54) is 0 Å². The third-order valence-electron chi connectivity index (χ3n) is 4.46. The van der Waals surface area contributed by atoms with E-state index >= 15 is 0 Å². The first kappa shape index (κ1) is 13.4. The van der Waals surface area contributed by atoms with E-state index in [9.17, 15) is 4.79 Å². The molecular weight excluding hydrogens is 252 g/mol. The minimum atomic E-state index is -0.0586. The van der Waals surface area contributed by atoms with Crippen LogP contribution in [0.25, 0.3) is 0 Å². The largest absolute Gasteiger partial charge is 0.493 e. The van der Waals surface area contributed by atoms with Gasteiger partial charge in [0.15, 0.2) is 0 Å². The number of carbonyl (C=O) groups excluding carboxylic acids is 1. The molecule has 1 aromatic rings. The Bertz CT molecular complexity index is 503. The lowest BCUT2D eigenvalue weighted by Gasteiger charge is -2.39. The number of carbonyl (C=O) groups is 1. The monoisotopic (exact) mass is 274 g/mol. The van der Waals surface area contributed by atoms with E-state index in [0.29, 0.717) is 6.61 Å². The summed E-state index contributed by atoms with van der Waals surface area (Å²) in [5.41, 5.74) is 7.02. The Morgan fingerprint density at radius 1 is 1.35 bits per heavy atom. The lowest BCUT2D eigenvalue weighted by molar-refractivity contribution is -0.137. The quantitative estimate of drug-likeness (QED) is 0.851. The molecule has 2 N–H and O–H groups in total. The van der Waals surface area contributed by atoms with Gasteiger partial charge in [-0.15, -0.1) is 0 Å². The van der Waals surface area contributed by atoms with Gasteiger partial charge in [0.1, 0.15) is 5.75 Å². The Kier molecular flexibility index (Phi) is 3.66. The average molecular weight is 274 g/mol. The van der Waals surface area contributed by atoms with Gasteiger partial charge in [-0.3, -0.25) is 4.79 Å². The molecule has 1 amide bonds. The van der Waals surface area contributed by atoms with Gasteiger partial charge in [-0.2, -0.15) is 0 Å². The Morgan fingerprint density at radius 3 is 2.95 bits per heavy atom. The van der Waals surface area contributed by atoms with E-state index in [-0.39, 0.29) is 23.9 Å². The SMILES string of the molecule is CC1CC(N)CCN1C(=O)C1CCOc2ccccc21. The van der Waals surface area contributed by atoms with Gasteiger partial charge in [0, 0.05) is 24.2 Å². The van der Waals surface area contributed by atoms with Crippen molar-refractivity contribution in [1.82, 2.24) is 4.90 Å². The topological polar surface area (TPSA) is 55.6 Å². The van der Waals surface area contributed by atoms with Gasteiger partial charge < -0.3 is 15.4 Å². The van der Waals surface area contributed by atoms with Gasteiger partial charge in [0.2, 0.25) is 5.91 Å². The van der Waals surface area contributed by atoms with Crippen molar-refractivity contribution in [3.63, 3.8) is 0 Å². The molecule has 0 radical (unpaired) electrons. The van der Waals surface area contributed by atoms with Crippen LogP contribution in [-0.4, -0.2) is 36.0 Å². The number of fused-ring (bicyclic) bond motifs is 1. The standard InChI is InChI=1S/C16H22N2O2/c1-11-10-12(17)6-8-18(11)16(19)14-7-9-20-15-5-3-2-4-13(14)15/h2-5,11-12,14H,6-10,17H2,1H3. The normalized spacial score (nSPS) is 29.5. The summed E-state index contributed by atoms with van der Waals surface area (Å²) in [6, 6.07) is 8.36. The Labute approximate surface area is 119 Å². The number of piperidine rings is 1. The highest BCUT2D eigenvalue weighted by molar-refractivity contribution is 5.85. The maximum Gasteiger partial charge on any atom is 0.230 e. The smallest absolute Gasteiger partial charge is 0.230 e. The third kappa shape index (κ3) is 2.40. The van der Waals surface area contributed by atoms with E-state index in [1.54, 1.807) is 0 Å². The zero-order valence-corrected chi connectivity index (χ0v) is 11.9. The van der Waals surface area contributed by atoms with Crippen molar-refractivity contribution in [1.29, 1.82) is 0 Å². The number of ether oxygens (including phenoxy) is 1. The predicted octanol–water partition coefficient (Wildman–Crippen LogP) is 1.89. The molecule has 2 aliphatic heterocycles. The highest BCUT2D eigenvalue weighted by atomic mass is 16.5.